The second-order valence-corrected chi connectivity index (χ2v) is 6.26. The van der Waals surface area contributed by atoms with Crippen molar-refractivity contribution >= 4 is 6.21 Å². The van der Waals surface area contributed by atoms with E-state index in [1.165, 1.54) is 19.3 Å². The fourth-order valence-electron chi connectivity index (χ4n) is 4.05. The summed E-state index contributed by atoms with van der Waals surface area (Å²) in [5, 5.41) is 3.85. The van der Waals surface area contributed by atoms with Crippen LogP contribution in [0.4, 0.5) is 0 Å². The van der Waals surface area contributed by atoms with Gasteiger partial charge in [0.25, 0.3) is 0 Å². The van der Waals surface area contributed by atoms with Crippen LogP contribution in [0, 0.1) is 11.3 Å². The number of aliphatic imine (C=N–C) groups is 1. The molecule has 1 N–H and O–H groups in total. The molecule has 4 unspecified atom stereocenters. The molecule has 3 heterocycles. The third-order valence-electron chi connectivity index (χ3n) is 4.69. The zero-order chi connectivity index (χ0) is 9.97. The molecule has 2 saturated heterocycles. The molecule has 14 heavy (non-hydrogen) atoms. The van der Waals surface area contributed by atoms with Gasteiger partial charge in [-0.25, -0.2) is 0 Å². The fraction of sp³-hybridized carbons (Fsp3) is 0.917. The highest BCUT2D eigenvalue weighted by Gasteiger charge is 2.57. The Labute approximate surface area is 86.2 Å². The van der Waals surface area contributed by atoms with E-state index in [0.717, 1.165) is 5.92 Å². The van der Waals surface area contributed by atoms with Gasteiger partial charge in [-0.2, -0.15) is 0 Å². The molecule has 3 aliphatic heterocycles. The Kier molecular flexibility index (Phi) is 1.53. The zero-order valence-corrected chi connectivity index (χ0v) is 9.38. The Morgan fingerprint density at radius 2 is 2.14 bits per heavy atom. The molecule has 0 spiro atoms. The van der Waals surface area contributed by atoms with Crippen LogP contribution >= 0.6 is 0 Å². The van der Waals surface area contributed by atoms with Crippen molar-refractivity contribution in [3.63, 3.8) is 0 Å². The average Bonchev–Trinajstić information content (AvgIpc) is 2.56. The molecule has 78 valence electrons. The van der Waals surface area contributed by atoms with Gasteiger partial charge in [0.05, 0.1) is 6.04 Å². The van der Waals surface area contributed by atoms with E-state index in [9.17, 15) is 0 Å². The fourth-order valence-corrected chi connectivity index (χ4v) is 4.05. The first-order valence-corrected chi connectivity index (χ1v) is 5.81. The number of hydrogen-bond donors (Lipinski definition) is 1. The summed E-state index contributed by atoms with van der Waals surface area (Å²) in [4.78, 5) is 4.64. The van der Waals surface area contributed by atoms with Crippen LogP contribution in [0.5, 0.6) is 0 Å². The minimum Gasteiger partial charge on any atom is -0.308 e. The average molecular weight is 192 g/mol. The predicted molar refractivity (Wildman–Crippen MR) is 58.7 cm³/mol. The van der Waals surface area contributed by atoms with E-state index in [1.54, 1.807) is 0 Å². The first-order valence-electron chi connectivity index (χ1n) is 5.81. The molecule has 0 aliphatic carbocycles. The lowest BCUT2D eigenvalue weighted by molar-refractivity contribution is 0.182. The van der Waals surface area contributed by atoms with Crippen molar-refractivity contribution in [2.75, 3.05) is 0 Å². The molecular weight excluding hydrogens is 172 g/mol. The summed E-state index contributed by atoms with van der Waals surface area (Å²) in [7, 11) is 0. The van der Waals surface area contributed by atoms with Crippen molar-refractivity contribution in [3.8, 4) is 0 Å². The highest BCUT2D eigenvalue weighted by atomic mass is 15.1. The lowest BCUT2D eigenvalue weighted by atomic mass is 9.76. The van der Waals surface area contributed by atoms with Crippen LogP contribution in [0.1, 0.15) is 40.0 Å². The van der Waals surface area contributed by atoms with Gasteiger partial charge in [0, 0.05) is 17.5 Å². The molecule has 0 aromatic carbocycles. The molecule has 2 nitrogen and oxygen atoms in total. The Bertz CT molecular complexity index is 295. The molecule has 2 heteroatoms. The minimum absolute atomic E-state index is 0.355. The Morgan fingerprint density at radius 1 is 1.36 bits per heavy atom. The van der Waals surface area contributed by atoms with Gasteiger partial charge in [0.1, 0.15) is 0 Å². The molecular formula is C12H20N2. The third kappa shape index (κ3) is 0.979. The first kappa shape index (κ1) is 8.90. The van der Waals surface area contributed by atoms with E-state index < -0.39 is 0 Å². The standard InChI is InChI=1S/C12H20N2/c1-11(2)7-12(3)8-4-5-13-9(8)6-10(11)14-12/h5,8-10,14H,4,6-7H2,1-3H3. The minimum atomic E-state index is 0.355. The lowest BCUT2D eigenvalue weighted by Gasteiger charge is -2.40. The normalized spacial score (nSPS) is 53.5. The van der Waals surface area contributed by atoms with Gasteiger partial charge < -0.3 is 5.32 Å². The number of hydrogen-bond acceptors (Lipinski definition) is 2. The number of nitrogens with zero attached hydrogens (tertiary/aromatic N) is 1. The molecule has 2 bridgehead atoms. The zero-order valence-electron chi connectivity index (χ0n) is 9.38. The molecule has 4 atom stereocenters. The second-order valence-electron chi connectivity index (χ2n) is 6.26. The molecule has 0 amide bonds. The topological polar surface area (TPSA) is 24.4 Å². The summed E-state index contributed by atoms with van der Waals surface area (Å²) in [6.45, 7) is 7.21. The van der Waals surface area contributed by atoms with Crippen molar-refractivity contribution in [2.45, 2.75) is 57.7 Å². The quantitative estimate of drug-likeness (QED) is 0.623. The number of nitrogens with one attached hydrogen (secondary N) is 1. The maximum atomic E-state index is 4.64. The third-order valence-corrected chi connectivity index (χ3v) is 4.69. The summed E-state index contributed by atoms with van der Waals surface area (Å²) in [5.41, 5.74) is 0.822. The first-order chi connectivity index (χ1) is 6.51. The molecule has 0 radical (unpaired) electrons. The van der Waals surface area contributed by atoms with Gasteiger partial charge in [0.2, 0.25) is 0 Å². The maximum Gasteiger partial charge on any atom is 0.0559 e. The van der Waals surface area contributed by atoms with Gasteiger partial charge in [-0.1, -0.05) is 13.8 Å². The largest absolute Gasteiger partial charge is 0.308 e. The summed E-state index contributed by atoms with van der Waals surface area (Å²) in [6, 6.07) is 1.30. The lowest BCUT2D eigenvalue weighted by Crippen LogP contribution is -2.55. The van der Waals surface area contributed by atoms with E-state index in [4.69, 9.17) is 0 Å². The van der Waals surface area contributed by atoms with Crippen LogP contribution in [-0.4, -0.2) is 23.8 Å². The predicted octanol–water partition coefficient (Wildman–Crippen LogP) is 2.00. The van der Waals surface area contributed by atoms with E-state index in [2.05, 4.69) is 37.3 Å². The van der Waals surface area contributed by atoms with Crippen LogP contribution in [0.15, 0.2) is 4.99 Å². The highest BCUT2D eigenvalue weighted by Crippen LogP contribution is 2.51. The number of fused-ring (bicyclic) bond motifs is 4. The van der Waals surface area contributed by atoms with E-state index in [0.29, 0.717) is 23.0 Å². The number of piperidine rings is 1. The smallest absolute Gasteiger partial charge is 0.0559 e. The molecule has 0 aromatic rings. The van der Waals surface area contributed by atoms with Gasteiger partial charge in [0.15, 0.2) is 0 Å². The summed E-state index contributed by atoms with van der Waals surface area (Å²) < 4.78 is 0. The van der Waals surface area contributed by atoms with Crippen LogP contribution in [0.25, 0.3) is 0 Å². The van der Waals surface area contributed by atoms with E-state index in [1.807, 2.05) is 0 Å². The Balaban J connectivity index is 1.98. The molecule has 3 aliphatic rings. The van der Waals surface area contributed by atoms with Gasteiger partial charge >= 0.3 is 0 Å². The molecule has 0 saturated carbocycles. The summed E-state index contributed by atoms with van der Waals surface area (Å²) >= 11 is 0. The van der Waals surface area contributed by atoms with Crippen molar-refractivity contribution in [1.82, 2.24) is 5.32 Å². The Hall–Kier alpha value is -0.370. The summed E-state index contributed by atoms with van der Waals surface area (Å²) in [6.07, 6.45) is 5.91. The van der Waals surface area contributed by atoms with E-state index in [-0.39, 0.29) is 0 Å². The Morgan fingerprint density at radius 3 is 2.93 bits per heavy atom. The molecule has 0 aromatic heterocycles. The van der Waals surface area contributed by atoms with Crippen molar-refractivity contribution in [3.05, 3.63) is 0 Å². The van der Waals surface area contributed by atoms with E-state index >= 15 is 0 Å². The molecule has 2 fully saturated rings. The SMILES string of the molecule is CC1(C)CC2(C)NC1CC1N=CCC12. The van der Waals surface area contributed by atoms with Gasteiger partial charge in [-0.05, 0) is 37.8 Å². The van der Waals surface area contributed by atoms with Crippen LogP contribution in [-0.2, 0) is 0 Å². The second kappa shape index (κ2) is 2.41. The van der Waals surface area contributed by atoms with Gasteiger partial charge in [-0.3, -0.25) is 4.99 Å². The monoisotopic (exact) mass is 192 g/mol. The van der Waals surface area contributed by atoms with Crippen molar-refractivity contribution in [2.24, 2.45) is 16.3 Å². The highest BCUT2D eigenvalue weighted by molar-refractivity contribution is 5.61. The maximum absolute atomic E-state index is 4.64. The van der Waals surface area contributed by atoms with Gasteiger partial charge in [-0.15, -0.1) is 0 Å². The van der Waals surface area contributed by atoms with Crippen LogP contribution in [0.3, 0.4) is 0 Å². The summed E-state index contributed by atoms with van der Waals surface area (Å²) in [5.74, 6) is 0.764. The van der Waals surface area contributed by atoms with Crippen molar-refractivity contribution in [1.29, 1.82) is 0 Å². The van der Waals surface area contributed by atoms with Crippen molar-refractivity contribution < 1.29 is 0 Å². The molecule has 3 rings (SSSR count). The van der Waals surface area contributed by atoms with Crippen LogP contribution < -0.4 is 5.32 Å². The van der Waals surface area contributed by atoms with Crippen LogP contribution in [0.2, 0.25) is 0 Å². The number of rotatable bonds is 0.